The maximum atomic E-state index is 13.7. The minimum absolute atomic E-state index is 0.0301. The van der Waals surface area contributed by atoms with Gasteiger partial charge in [-0.05, 0) is 35.7 Å². The van der Waals surface area contributed by atoms with Gasteiger partial charge in [-0.1, -0.05) is 53.7 Å². The number of carbonyl (C=O) groups excluding carboxylic acids is 1. The highest BCUT2D eigenvalue weighted by Gasteiger charge is 2.36. The van der Waals surface area contributed by atoms with Crippen molar-refractivity contribution in [2.45, 2.75) is 25.4 Å². The second-order valence-corrected chi connectivity index (χ2v) is 7.01. The molecular formula is C21H17ClFN3O2. The molecule has 1 aliphatic heterocycles. The highest BCUT2D eigenvalue weighted by Crippen LogP contribution is 2.34. The van der Waals surface area contributed by atoms with Crippen molar-refractivity contribution < 1.29 is 13.7 Å². The van der Waals surface area contributed by atoms with Gasteiger partial charge in [-0.25, -0.2) is 4.39 Å². The summed E-state index contributed by atoms with van der Waals surface area (Å²) in [4.78, 5) is 18.5. The Bertz CT molecular complexity index is 1030. The van der Waals surface area contributed by atoms with Crippen LogP contribution in [0.5, 0.6) is 0 Å². The predicted octanol–water partition coefficient (Wildman–Crippen LogP) is 5.04. The van der Waals surface area contributed by atoms with Crippen LogP contribution in [0.25, 0.3) is 17.5 Å². The molecule has 142 valence electrons. The summed E-state index contributed by atoms with van der Waals surface area (Å²) in [6, 6.07) is 11.9. The van der Waals surface area contributed by atoms with E-state index in [2.05, 4.69) is 16.7 Å². The Balaban J connectivity index is 1.57. The van der Waals surface area contributed by atoms with E-state index in [9.17, 15) is 9.18 Å². The van der Waals surface area contributed by atoms with E-state index < -0.39 is 5.82 Å². The summed E-state index contributed by atoms with van der Waals surface area (Å²) >= 11 is 5.72. The summed E-state index contributed by atoms with van der Waals surface area (Å²) < 4.78 is 19.1. The second kappa shape index (κ2) is 7.56. The molecule has 1 fully saturated rings. The monoisotopic (exact) mass is 397 g/mol. The third-order valence-corrected chi connectivity index (χ3v) is 5.11. The Morgan fingerprint density at radius 3 is 2.79 bits per heavy atom. The third-order valence-electron chi connectivity index (χ3n) is 4.80. The molecule has 0 aliphatic carbocycles. The molecule has 1 saturated heterocycles. The molecule has 3 aromatic rings. The molecule has 1 atom stereocenters. The van der Waals surface area contributed by atoms with Gasteiger partial charge in [0.15, 0.2) is 0 Å². The van der Waals surface area contributed by atoms with Crippen molar-refractivity contribution in [2.75, 3.05) is 0 Å². The third kappa shape index (κ3) is 3.55. The first kappa shape index (κ1) is 18.4. The number of carbonyl (C=O) groups is 1. The fraction of sp³-hybridized carbons (Fsp3) is 0.190. The van der Waals surface area contributed by atoms with Crippen LogP contribution in [0.2, 0.25) is 5.02 Å². The molecule has 1 aliphatic rings. The van der Waals surface area contributed by atoms with Crippen LogP contribution < -0.4 is 0 Å². The summed E-state index contributed by atoms with van der Waals surface area (Å²) in [5.74, 6) is 0.0976. The predicted molar refractivity (Wildman–Crippen MR) is 104 cm³/mol. The van der Waals surface area contributed by atoms with Crippen LogP contribution in [-0.2, 0) is 11.3 Å². The normalized spacial score (nSPS) is 16.6. The Morgan fingerprint density at radius 1 is 1.29 bits per heavy atom. The van der Waals surface area contributed by atoms with Gasteiger partial charge in [0.25, 0.3) is 0 Å². The van der Waals surface area contributed by atoms with Crippen LogP contribution >= 0.6 is 11.6 Å². The molecule has 1 amide bonds. The van der Waals surface area contributed by atoms with Crippen LogP contribution in [0.3, 0.4) is 0 Å². The number of nitrogens with zero attached hydrogens (tertiary/aromatic N) is 3. The molecule has 0 spiro atoms. The van der Waals surface area contributed by atoms with E-state index in [0.29, 0.717) is 30.8 Å². The molecule has 2 aromatic carbocycles. The summed E-state index contributed by atoms with van der Waals surface area (Å²) in [7, 11) is 0. The van der Waals surface area contributed by atoms with Gasteiger partial charge in [-0.15, -0.1) is 0 Å². The zero-order valence-electron chi connectivity index (χ0n) is 14.9. The van der Waals surface area contributed by atoms with E-state index in [1.165, 1.54) is 12.1 Å². The first-order valence-corrected chi connectivity index (χ1v) is 9.23. The van der Waals surface area contributed by atoms with Gasteiger partial charge in [0.1, 0.15) is 11.9 Å². The highest BCUT2D eigenvalue weighted by atomic mass is 35.5. The number of likely N-dealkylation sites (tertiary alicyclic amines) is 1. The summed E-state index contributed by atoms with van der Waals surface area (Å²) in [6.45, 7) is 4.19. The number of rotatable bonds is 5. The average molecular weight is 398 g/mol. The van der Waals surface area contributed by atoms with Crippen molar-refractivity contribution in [1.82, 2.24) is 15.0 Å². The zero-order valence-corrected chi connectivity index (χ0v) is 15.7. The van der Waals surface area contributed by atoms with Crippen LogP contribution in [0.1, 0.15) is 35.9 Å². The fourth-order valence-corrected chi connectivity index (χ4v) is 3.39. The lowest BCUT2D eigenvalue weighted by Gasteiger charge is -2.22. The van der Waals surface area contributed by atoms with E-state index in [1.54, 1.807) is 17.0 Å². The van der Waals surface area contributed by atoms with Crippen LogP contribution in [0, 0.1) is 5.82 Å². The molecule has 28 heavy (non-hydrogen) atoms. The van der Waals surface area contributed by atoms with Crippen molar-refractivity contribution in [3.63, 3.8) is 0 Å². The zero-order chi connectivity index (χ0) is 19.7. The molecule has 1 unspecified atom stereocenters. The Morgan fingerprint density at radius 2 is 2.07 bits per heavy atom. The van der Waals surface area contributed by atoms with Crippen LogP contribution in [0.4, 0.5) is 4.39 Å². The quantitative estimate of drug-likeness (QED) is 0.605. The number of hydrogen-bond donors (Lipinski definition) is 0. The molecule has 0 radical (unpaired) electrons. The number of amides is 1. The molecule has 7 heteroatoms. The molecule has 0 N–H and O–H groups in total. The summed E-state index contributed by atoms with van der Waals surface area (Å²) in [6.07, 6.45) is 2.79. The van der Waals surface area contributed by atoms with Gasteiger partial charge in [-0.2, -0.15) is 4.98 Å². The largest absolute Gasteiger partial charge is 0.337 e. The Kier molecular flexibility index (Phi) is 4.96. The topological polar surface area (TPSA) is 59.2 Å². The van der Waals surface area contributed by atoms with E-state index in [1.807, 2.05) is 24.3 Å². The van der Waals surface area contributed by atoms with Gasteiger partial charge in [0.2, 0.25) is 17.6 Å². The van der Waals surface area contributed by atoms with Gasteiger partial charge < -0.3 is 9.42 Å². The molecular weight excluding hydrogens is 381 g/mol. The lowest BCUT2D eigenvalue weighted by atomic mass is 10.1. The average Bonchev–Trinajstić information content (AvgIpc) is 3.32. The van der Waals surface area contributed by atoms with Gasteiger partial charge in [0.05, 0.1) is 5.02 Å². The molecule has 5 nitrogen and oxygen atoms in total. The number of hydrogen-bond acceptors (Lipinski definition) is 4. The smallest absolute Gasteiger partial charge is 0.249 e. The van der Waals surface area contributed by atoms with E-state index in [0.717, 1.165) is 11.1 Å². The number of benzene rings is 2. The minimum atomic E-state index is -0.550. The lowest BCUT2D eigenvalue weighted by molar-refractivity contribution is -0.129. The van der Waals surface area contributed by atoms with Crippen molar-refractivity contribution in [2.24, 2.45) is 0 Å². The van der Waals surface area contributed by atoms with Gasteiger partial charge in [0, 0.05) is 18.5 Å². The molecule has 2 heterocycles. The van der Waals surface area contributed by atoms with Crippen molar-refractivity contribution in [3.05, 3.63) is 76.9 Å². The Hall–Kier alpha value is -2.99. The SMILES string of the molecule is C=Cc1ccc(CN2C(=O)CCC2c2nc(-c3ccc(Cl)c(F)c3)no2)cc1. The van der Waals surface area contributed by atoms with E-state index in [-0.39, 0.29) is 22.8 Å². The first-order valence-electron chi connectivity index (χ1n) is 8.85. The summed E-state index contributed by atoms with van der Waals surface area (Å²) in [5, 5.41) is 3.98. The van der Waals surface area contributed by atoms with Crippen LogP contribution in [0.15, 0.2) is 53.6 Å². The van der Waals surface area contributed by atoms with Gasteiger partial charge in [-0.3, -0.25) is 4.79 Å². The first-order chi connectivity index (χ1) is 13.5. The minimum Gasteiger partial charge on any atom is -0.337 e. The van der Waals surface area contributed by atoms with Gasteiger partial charge >= 0.3 is 0 Å². The number of halogens is 2. The maximum absolute atomic E-state index is 13.7. The summed E-state index contributed by atoms with van der Waals surface area (Å²) in [5.41, 5.74) is 2.49. The number of aromatic nitrogens is 2. The van der Waals surface area contributed by atoms with E-state index >= 15 is 0 Å². The lowest BCUT2D eigenvalue weighted by Crippen LogP contribution is -2.27. The molecule has 0 bridgehead atoms. The van der Waals surface area contributed by atoms with Crippen molar-refractivity contribution in [1.29, 1.82) is 0 Å². The molecule has 1 aromatic heterocycles. The Labute approximate surface area is 166 Å². The molecule has 0 saturated carbocycles. The van der Waals surface area contributed by atoms with E-state index in [4.69, 9.17) is 16.1 Å². The highest BCUT2D eigenvalue weighted by molar-refractivity contribution is 6.30. The standard InChI is InChI=1S/C21H17ClFN3O2/c1-2-13-3-5-14(6-4-13)12-26-18(9-10-19(26)27)21-24-20(25-28-21)15-7-8-16(22)17(23)11-15/h2-8,11,18H,1,9-10,12H2. The molecule has 4 rings (SSSR count). The van der Waals surface area contributed by atoms with Crippen molar-refractivity contribution in [3.8, 4) is 11.4 Å². The fourth-order valence-electron chi connectivity index (χ4n) is 3.27. The maximum Gasteiger partial charge on any atom is 0.249 e. The van der Waals surface area contributed by atoms with Crippen molar-refractivity contribution >= 4 is 23.6 Å². The van der Waals surface area contributed by atoms with Crippen LogP contribution in [-0.4, -0.2) is 20.9 Å². The second-order valence-electron chi connectivity index (χ2n) is 6.61.